The summed E-state index contributed by atoms with van der Waals surface area (Å²) >= 11 is 0. The first-order valence-corrected chi connectivity index (χ1v) is 10.5. The average Bonchev–Trinajstić information content (AvgIpc) is 2.99. The monoisotopic (exact) mass is 370 g/mol. The van der Waals surface area contributed by atoms with Crippen molar-refractivity contribution in [2.75, 3.05) is 0 Å². The summed E-state index contributed by atoms with van der Waals surface area (Å²) in [7, 11) is 2.18. The summed E-state index contributed by atoms with van der Waals surface area (Å²) in [6.45, 7) is 13.6. The van der Waals surface area contributed by atoms with Crippen molar-refractivity contribution in [3.05, 3.63) is 75.5 Å². The number of aromatic nitrogens is 1. The zero-order valence-corrected chi connectivity index (χ0v) is 18.4. The minimum absolute atomic E-state index is 0.665. The normalized spacial score (nSPS) is 12.4. The summed E-state index contributed by atoms with van der Waals surface area (Å²) < 4.78 is 2.30. The van der Waals surface area contributed by atoms with Gasteiger partial charge in [-0.1, -0.05) is 38.1 Å². The third-order valence-electron chi connectivity index (χ3n) is 6.31. The summed E-state index contributed by atoms with van der Waals surface area (Å²) in [5, 5.41) is 0. The van der Waals surface area contributed by atoms with Crippen LogP contribution in [0.15, 0.2) is 36.5 Å². The lowest BCUT2D eigenvalue weighted by molar-refractivity contribution is -0.660. The number of hydrogen-bond acceptors (Lipinski definition) is 0. The molecular weight excluding hydrogens is 338 g/mol. The highest BCUT2D eigenvalue weighted by molar-refractivity contribution is 5.88. The van der Waals surface area contributed by atoms with Gasteiger partial charge in [-0.2, -0.15) is 0 Å². The van der Waals surface area contributed by atoms with Gasteiger partial charge in [0.05, 0.1) is 5.56 Å². The second-order valence-electron chi connectivity index (χ2n) is 9.10. The van der Waals surface area contributed by atoms with E-state index in [0.29, 0.717) is 5.92 Å². The maximum absolute atomic E-state index is 2.39. The molecule has 1 aliphatic carbocycles. The molecule has 0 spiro atoms. The van der Waals surface area contributed by atoms with Gasteiger partial charge < -0.3 is 0 Å². The van der Waals surface area contributed by atoms with Crippen molar-refractivity contribution < 1.29 is 4.57 Å². The number of hydrogen-bond donors (Lipinski definition) is 0. The minimum Gasteiger partial charge on any atom is -0.201 e. The van der Waals surface area contributed by atoms with E-state index < -0.39 is 0 Å². The van der Waals surface area contributed by atoms with Crippen molar-refractivity contribution in [3.8, 4) is 22.4 Å². The van der Waals surface area contributed by atoms with Crippen molar-refractivity contribution in [1.82, 2.24) is 0 Å². The molecule has 2 aromatic carbocycles. The second-order valence-corrected chi connectivity index (χ2v) is 9.10. The first kappa shape index (κ1) is 18.9. The molecule has 4 rings (SSSR count). The van der Waals surface area contributed by atoms with E-state index in [0.717, 1.165) is 12.8 Å². The molecule has 1 aromatic heterocycles. The Hall–Kier alpha value is -2.41. The molecule has 1 heteroatoms. The Bertz CT molecular complexity index is 1090. The molecule has 0 amide bonds. The van der Waals surface area contributed by atoms with Crippen LogP contribution in [0.2, 0.25) is 0 Å². The molecule has 0 bridgehead atoms. The number of fused-ring (bicyclic) bond motifs is 3. The number of rotatable bonds is 3. The third-order valence-corrected chi connectivity index (χ3v) is 6.31. The number of nitrogens with zero attached hydrogens (tertiary/aromatic N) is 1. The molecule has 1 heterocycles. The van der Waals surface area contributed by atoms with E-state index in [2.05, 4.69) is 89.7 Å². The first-order chi connectivity index (χ1) is 13.3. The molecule has 0 saturated carbocycles. The lowest BCUT2D eigenvalue weighted by Gasteiger charge is -2.16. The van der Waals surface area contributed by atoms with E-state index >= 15 is 0 Å². The molecule has 0 saturated heterocycles. The standard InChI is InChI=1S/C27H32N/c1-16(2)11-21-9-8-10-22-14-23-25(18(4)12-19(5)26(23)27(21)22)24-13-17(3)20(6)15-28(24)7/h8-10,12-13,15-16H,11,14H2,1-7H3/q+1. The lowest BCUT2D eigenvalue weighted by Crippen LogP contribution is -2.32. The Labute approximate surface area is 170 Å². The van der Waals surface area contributed by atoms with Crippen LogP contribution in [0.3, 0.4) is 0 Å². The summed E-state index contributed by atoms with van der Waals surface area (Å²) in [6, 6.07) is 11.7. The smallest absolute Gasteiger partial charge is 0.201 e. The zero-order chi connectivity index (χ0) is 20.2. The Morgan fingerprint density at radius 1 is 0.857 bits per heavy atom. The Kier molecular flexibility index (Phi) is 4.65. The predicted molar refractivity (Wildman–Crippen MR) is 119 cm³/mol. The molecule has 0 radical (unpaired) electrons. The second kappa shape index (κ2) is 6.88. The van der Waals surface area contributed by atoms with Crippen molar-refractivity contribution in [2.24, 2.45) is 13.0 Å². The first-order valence-electron chi connectivity index (χ1n) is 10.5. The molecule has 0 fully saturated rings. The van der Waals surface area contributed by atoms with Crippen LogP contribution in [-0.4, -0.2) is 0 Å². The molecule has 0 N–H and O–H groups in total. The Morgan fingerprint density at radius 2 is 1.57 bits per heavy atom. The van der Waals surface area contributed by atoms with Gasteiger partial charge in [-0.3, -0.25) is 0 Å². The highest BCUT2D eigenvalue weighted by Gasteiger charge is 2.29. The molecule has 0 unspecified atom stereocenters. The van der Waals surface area contributed by atoms with Crippen LogP contribution in [0.5, 0.6) is 0 Å². The van der Waals surface area contributed by atoms with Gasteiger partial charge in [-0.25, -0.2) is 4.57 Å². The number of aryl methyl sites for hydroxylation is 5. The molecule has 3 aromatic rings. The summed E-state index contributed by atoms with van der Waals surface area (Å²) in [5.74, 6) is 0.665. The van der Waals surface area contributed by atoms with Gasteiger partial charge in [0.1, 0.15) is 7.05 Å². The van der Waals surface area contributed by atoms with Gasteiger partial charge in [0, 0.05) is 11.6 Å². The average molecular weight is 371 g/mol. The molecule has 0 atom stereocenters. The molecule has 144 valence electrons. The van der Waals surface area contributed by atoms with Crippen molar-refractivity contribution in [1.29, 1.82) is 0 Å². The van der Waals surface area contributed by atoms with Crippen molar-refractivity contribution in [3.63, 3.8) is 0 Å². The Morgan fingerprint density at radius 3 is 2.29 bits per heavy atom. The number of pyridine rings is 1. The van der Waals surface area contributed by atoms with Crippen LogP contribution in [-0.2, 0) is 19.9 Å². The summed E-state index contributed by atoms with van der Waals surface area (Å²) in [5.41, 5.74) is 15.8. The van der Waals surface area contributed by atoms with Crippen molar-refractivity contribution >= 4 is 0 Å². The summed E-state index contributed by atoms with van der Waals surface area (Å²) in [4.78, 5) is 0. The SMILES string of the molecule is Cc1cc(-c2c(C)cc(C)c3c2Cc2cccc(CC(C)C)c2-3)[n+](C)cc1C. The maximum Gasteiger partial charge on any atom is 0.213 e. The van der Waals surface area contributed by atoms with E-state index in [1.165, 1.54) is 61.3 Å². The van der Waals surface area contributed by atoms with Gasteiger partial charge in [0.15, 0.2) is 6.20 Å². The lowest BCUT2D eigenvalue weighted by atomic mass is 9.88. The molecular formula is C27H32N+. The van der Waals surface area contributed by atoms with Gasteiger partial charge in [-0.15, -0.1) is 0 Å². The fourth-order valence-corrected chi connectivity index (χ4v) is 5.00. The van der Waals surface area contributed by atoms with Gasteiger partial charge in [0.25, 0.3) is 0 Å². The predicted octanol–water partition coefficient (Wildman–Crippen LogP) is 6.18. The van der Waals surface area contributed by atoms with Gasteiger partial charge in [-0.05, 0) is 91.0 Å². The van der Waals surface area contributed by atoms with Crippen molar-refractivity contribution in [2.45, 2.75) is 54.4 Å². The topological polar surface area (TPSA) is 3.88 Å². The van der Waals surface area contributed by atoms with Crippen LogP contribution in [0, 0.1) is 33.6 Å². The van der Waals surface area contributed by atoms with Crippen LogP contribution in [0.1, 0.15) is 52.8 Å². The largest absolute Gasteiger partial charge is 0.213 e. The van der Waals surface area contributed by atoms with E-state index in [1.54, 1.807) is 0 Å². The number of benzene rings is 2. The quantitative estimate of drug-likeness (QED) is 0.379. The minimum atomic E-state index is 0.665. The highest BCUT2D eigenvalue weighted by atomic mass is 14.9. The van der Waals surface area contributed by atoms with E-state index in [1.807, 2.05) is 0 Å². The van der Waals surface area contributed by atoms with Gasteiger partial charge >= 0.3 is 0 Å². The molecule has 0 aliphatic heterocycles. The van der Waals surface area contributed by atoms with Gasteiger partial charge in [0.2, 0.25) is 5.69 Å². The van der Waals surface area contributed by atoms with Crippen LogP contribution >= 0.6 is 0 Å². The fraction of sp³-hybridized carbons (Fsp3) is 0.370. The molecule has 1 nitrogen and oxygen atoms in total. The van der Waals surface area contributed by atoms with E-state index in [-0.39, 0.29) is 0 Å². The third kappa shape index (κ3) is 2.98. The molecule has 1 aliphatic rings. The fourth-order valence-electron chi connectivity index (χ4n) is 5.00. The van der Waals surface area contributed by atoms with Crippen LogP contribution < -0.4 is 4.57 Å². The zero-order valence-electron chi connectivity index (χ0n) is 18.4. The van der Waals surface area contributed by atoms with E-state index in [4.69, 9.17) is 0 Å². The highest BCUT2D eigenvalue weighted by Crippen LogP contribution is 2.46. The summed E-state index contributed by atoms with van der Waals surface area (Å²) in [6.07, 6.45) is 4.45. The molecule has 28 heavy (non-hydrogen) atoms. The van der Waals surface area contributed by atoms with Crippen LogP contribution in [0.4, 0.5) is 0 Å². The van der Waals surface area contributed by atoms with Crippen LogP contribution in [0.25, 0.3) is 22.4 Å². The Balaban J connectivity index is 2.01. The van der Waals surface area contributed by atoms with E-state index in [9.17, 15) is 0 Å². The maximum atomic E-state index is 2.39.